The van der Waals surface area contributed by atoms with E-state index in [-0.39, 0.29) is 5.41 Å². The van der Waals surface area contributed by atoms with Crippen molar-refractivity contribution in [2.45, 2.75) is 12.8 Å². The summed E-state index contributed by atoms with van der Waals surface area (Å²) in [6.45, 7) is 0.806. The first-order valence-electron chi connectivity index (χ1n) is 5.03. The van der Waals surface area contributed by atoms with Gasteiger partial charge in [0.05, 0.1) is 0 Å². The molecule has 2 heteroatoms. The summed E-state index contributed by atoms with van der Waals surface area (Å²) in [5, 5.41) is 3.10. The molecule has 0 heterocycles. The van der Waals surface area contributed by atoms with Gasteiger partial charge in [-0.25, -0.2) is 0 Å². The van der Waals surface area contributed by atoms with Gasteiger partial charge in [-0.05, 0) is 19.9 Å². The van der Waals surface area contributed by atoms with Gasteiger partial charge in [0.15, 0.2) is 5.78 Å². The van der Waals surface area contributed by atoms with E-state index in [1.54, 1.807) is 0 Å². The average Bonchev–Trinajstić information content (AvgIpc) is 3.00. The summed E-state index contributed by atoms with van der Waals surface area (Å²) in [7, 11) is 1.90. The maximum Gasteiger partial charge on any atom is 0.170 e. The zero-order valence-corrected chi connectivity index (χ0v) is 8.42. The van der Waals surface area contributed by atoms with Crippen molar-refractivity contribution in [2.24, 2.45) is 5.41 Å². The molecule has 1 aromatic carbocycles. The number of carbonyl (C=O) groups excluding carboxylic acids is 1. The molecular weight excluding hydrogens is 174 g/mol. The van der Waals surface area contributed by atoms with Crippen LogP contribution in [0.25, 0.3) is 0 Å². The van der Waals surface area contributed by atoms with E-state index >= 15 is 0 Å². The smallest absolute Gasteiger partial charge is 0.170 e. The van der Waals surface area contributed by atoms with Crippen LogP contribution in [0.5, 0.6) is 0 Å². The summed E-state index contributed by atoms with van der Waals surface area (Å²) in [4.78, 5) is 12.1. The molecule has 1 aliphatic carbocycles. The van der Waals surface area contributed by atoms with Crippen LogP contribution in [0.3, 0.4) is 0 Å². The maximum absolute atomic E-state index is 12.1. The molecule has 0 bridgehead atoms. The summed E-state index contributed by atoms with van der Waals surface area (Å²) >= 11 is 0. The second-order valence-corrected chi connectivity index (χ2v) is 4.01. The fourth-order valence-electron chi connectivity index (χ4n) is 1.87. The third-order valence-corrected chi connectivity index (χ3v) is 2.89. The molecule has 0 spiro atoms. The highest BCUT2D eigenvalue weighted by molar-refractivity contribution is 6.02. The molecule has 74 valence electrons. The first-order valence-corrected chi connectivity index (χ1v) is 5.03. The van der Waals surface area contributed by atoms with E-state index in [9.17, 15) is 4.79 Å². The first-order chi connectivity index (χ1) is 6.78. The summed E-state index contributed by atoms with van der Waals surface area (Å²) in [6.07, 6.45) is 2.06. The zero-order chi connectivity index (χ0) is 10.0. The summed E-state index contributed by atoms with van der Waals surface area (Å²) in [5.74, 6) is 0.299. The lowest BCUT2D eigenvalue weighted by Gasteiger charge is -2.12. The van der Waals surface area contributed by atoms with Crippen molar-refractivity contribution >= 4 is 5.78 Å². The van der Waals surface area contributed by atoms with Crippen LogP contribution in [0, 0.1) is 5.41 Å². The van der Waals surface area contributed by atoms with Crippen molar-refractivity contribution in [3.63, 3.8) is 0 Å². The average molecular weight is 189 g/mol. The molecule has 1 aromatic rings. The van der Waals surface area contributed by atoms with E-state index in [0.29, 0.717) is 5.78 Å². The minimum absolute atomic E-state index is 0.0872. The van der Waals surface area contributed by atoms with Gasteiger partial charge in [-0.3, -0.25) is 4.79 Å². The lowest BCUT2D eigenvalue weighted by Crippen LogP contribution is -2.27. The summed E-state index contributed by atoms with van der Waals surface area (Å²) in [6, 6.07) is 9.58. The number of nitrogens with one attached hydrogen (secondary N) is 1. The van der Waals surface area contributed by atoms with Gasteiger partial charge in [0.1, 0.15) is 0 Å². The van der Waals surface area contributed by atoms with Gasteiger partial charge in [0, 0.05) is 17.5 Å². The van der Waals surface area contributed by atoms with Crippen molar-refractivity contribution in [1.82, 2.24) is 5.32 Å². The highest BCUT2D eigenvalue weighted by Gasteiger charge is 2.48. The maximum atomic E-state index is 12.1. The van der Waals surface area contributed by atoms with Crippen LogP contribution < -0.4 is 5.32 Å². The van der Waals surface area contributed by atoms with Crippen molar-refractivity contribution in [1.29, 1.82) is 0 Å². The third-order valence-electron chi connectivity index (χ3n) is 2.89. The Balaban J connectivity index is 2.17. The Morgan fingerprint density at radius 1 is 1.36 bits per heavy atom. The molecular formula is C12H15NO. The number of Topliss-reactive ketones (excluding diaryl/α,β-unsaturated/α-hetero) is 1. The van der Waals surface area contributed by atoms with Gasteiger partial charge in [0.25, 0.3) is 0 Å². The number of hydrogen-bond acceptors (Lipinski definition) is 2. The van der Waals surface area contributed by atoms with Crippen molar-refractivity contribution in [3.8, 4) is 0 Å². The first kappa shape index (κ1) is 9.41. The number of ketones is 1. The predicted molar refractivity (Wildman–Crippen MR) is 56.4 cm³/mol. The Kier molecular flexibility index (Phi) is 2.38. The number of carbonyl (C=O) groups is 1. The Bertz CT molecular complexity index is 327. The van der Waals surface area contributed by atoms with E-state index in [2.05, 4.69) is 5.32 Å². The molecule has 1 saturated carbocycles. The second-order valence-electron chi connectivity index (χ2n) is 4.01. The normalized spacial score (nSPS) is 17.8. The van der Waals surface area contributed by atoms with E-state index in [4.69, 9.17) is 0 Å². The molecule has 0 radical (unpaired) electrons. The highest BCUT2D eigenvalue weighted by atomic mass is 16.1. The number of rotatable bonds is 4. The van der Waals surface area contributed by atoms with Gasteiger partial charge >= 0.3 is 0 Å². The van der Waals surface area contributed by atoms with Crippen molar-refractivity contribution < 1.29 is 4.79 Å². The van der Waals surface area contributed by atoms with Gasteiger partial charge in [0.2, 0.25) is 0 Å². The molecule has 14 heavy (non-hydrogen) atoms. The molecule has 1 aliphatic rings. The predicted octanol–water partition coefficient (Wildman–Crippen LogP) is 1.87. The van der Waals surface area contributed by atoms with Crippen LogP contribution in [0.2, 0.25) is 0 Å². The lowest BCUT2D eigenvalue weighted by atomic mass is 9.95. The Hall–Kier alpha value is -1.15. The molecule has 1 fully saturated rings. The van der Waals surface area contributed by atoms with E-state index in [0.717, 1.165) is 24.9 Å². The van der Waals surface area contributed by atoms with Gasteiger partial charge in [-0.1, -0.05) is 30.3 Å². The van der Waals surface area contributed by atoms with E-state index in [1.165, 1.54) is 0 Å². The van der Waals surface area contributed by atoms with E-state index in [1.807, 2.05) is 37.4 Å². The Morgan fingerprint density at radius 2 is 2.00 bits per heavy atom. The molecule has 0 aliphatic heterocycles. The zero-order valence-electron chi connectivity index (χ0n) is 8.42. The molecule has 2 nitrogen and oxygen atoms in total. The third kappa shape index (κ3) is 1.58. The largest absolute Gasteiger partial charge is 0.319 e. The topological polar surface area (TPSA) is 29.1 Å². The fourth-order valence-corrected chi connectivity index (χ4v) is 1.87. The van der Waals surface area contributed by atoms with Crippen molar-refractivity contribution in [2.75, 3.05) is 13.6 Å². The van der Waals surface area contributed by atoms with E-state index < -0.39 is 0 Å². The molecule has 0 saturated heterocycles. The quantitative estimate of drug-likeness (QED) is 0.732. The molecule has 2 rings (SSSR count). The van der Waals surface area contributed by atoms with Crippen LogP contribution in [-0.2, 0) is 0 Å². The minimum atomic E-state index is -0.0872. The van der Waals surface area contributed by atoms with Crippen LogP contribution >= 0.6 is 0 Å². The second kappa shape index (κ2) is 3.54. The fraction of sp³-hybridized carbons (Fsp3) is 0.417. The lowest BCUT2D eigenvalue weighted by molar-refractivity contribution is 0.0900. The molecule has 1 N–H and O–H groups in total. The van der Waals surface area contributed by atoms with Crippen LogP contribution in [0.4, 0.5) is 0 Å². The van der Waals surface area contributed by atoms with Crippen LogP contribution in [0.1, 0.15) is 23.2 Å². The minimum Gasteiger partial charge on any atom is -0.319 e. The molecule has 0 atom stereocenters. The van der Waals surface area contributed by atoms with Crippen molar-refractivity contribution in [3.05, 3.63) is 35.9 Å². The van der Waals surface area contributed by atoms with Gasteiger partial charge in [-0.2, -0.15) is 0 Å². The number of benzene rings is 1. The van der Waals surface area contributed by atoms with Gasteiger partial charge < -0.3 is 5.32 Å². The Labute approximate surface area is 84.3 Å². The highest BCUT2D eigenvalue weighted by Crippen LogP contribution is 2.47. The molecule has 0 aromatic heterocycles. The SMILES string of the molecule is CNCC1(C(=O)c2ccccc2)CC1. The monoisotopic (exact) mass is 189 g/mol. The Morgan fingerprint density at radius 3 is 2.50 bits per heavy atom. The van der Waals surface area contributed by atoms with Gasteiger partial charge in [-0.15, -0.1) is 0 Å². The molecule has 0 unspecified atom stereocenters. The summed E-state index contributed by atoms with van der Waals surface area (Å²) in [5.41, 5.74) is 0.760. The van der Waals surface area contributed by atoms with Crippen LogP contribution in [-0.4, -0.2) is 19.4 Å². The molecule has 0 amide bonds. The summed E-state index contributed by atoms with van der Waals surface area (Å²) < 4.78 is 0. The number of hydrogen-bond donors (Lipinski definition) is 1. The standard InChI is InChI=1S/C12H15NO/c1-13-9-12(7-8-12)11(14)10-5-3-2-4-6-10/h2-6,13H,7-9H2,1H3. The van der Waals surface area contributed by atoms with Crippen LogP contribution in [0.15, 0.2) is 30.3 Å².